The number of benzene rings is 2. The fourth-order valence-electron chi connectivity index (χ4n) is 3.46. The SMILES string of the molecule is CCOC(=O)CN(CC)C1CCOc2cc(OCc3cccc(Br)c3Cl)ccc21. The highest BCUT2D eigenvalue weighted by molar-refractivity contribution is 9.10. The van der Waals surface area contributed by atoms with Gasteiger partial charge in [-0.3, -0.25) is 9.69 Å². The summed E-state index contributed by atoms with van der Waals surface area (Å²) in [6, 6.07) is 11.7. The van der Waals surface area contributed by atoms with Gasteiger partial charge in [0.15, 0.2) is 0 Å². The molecule has 0 N–H and O–H groups in total. The zero-order chi connectivity index (χ0) is 20.8. The molecule has 0 aromatic heterocycles. The highest BCUT2D eigenvalue weighted by atomic mass is 79.9. The number of carbonyl (C=O) groups excluding carboxylic acids is 1. The standard InChI is InChI=1S/C22H25BrClNO4/c1-3-25(13-21(26)27-4-2)19-10-11-28-20-12-16(8-9-17(19)20)29-14-15-6-5-7-18(23)22(15)24/h5-9,12,19H,3-4,10-11,13-14H2,1-2H3. The summed E-state index contributed by atoms with van der Waals surface area (Å²) in [5.74, 6) is 1.31. The zero-order valence-electron chi connectivity index (χ0n) is 16.6. The molecule has 1 atom stereocenters. The van der Waals surface area contributed by atoms with Crippen molar-refractivity contribution in [2.24, 2.45) is 0 Å². The number of carbonyl (C=O) groups is 1. The van der Waals surface area contributed by atoms with Crippen LogP contribution in [0.15, 0.2) is 40.9 Å². The highest BCUT2D eigenvalue weighted by Crippen LogP contribution is 2.38. The molecule has 0 spiro atoms. The Bertz CT molecular complexity index is 861. The topological polar surface area (TPSA) is 48.0 Å². The van der Waals surface area contributed by atoms with Crippen LogP contribution in [0.2, 0.25) is 5.02 Å². The third-order valence-corrected chi connectivity index (χ3v) is 6.24. The number of rotatable bonds is 8. The van der Waals surface area contributed by atoms with E-state index in [1.54, 1.807) is 0 Å². The maximum Gasteiger partial charge on any atom is 0.320 e. The first kappa shape index (κ1) is 21.9. The summed E-state index contributed by atoms with van der Waals surface area (Å²) in [4.78, 5) is 14.1. The van der Waals surface area contributed by atoms with E-state index in [1.807, 2.05) is 50.2 Å². The zero-order valence-corrected chi connectivity index (χ0v) is 19.0. The second-order valence-corrected chi connectivity index (χ2v) is 7.95. The number of fused-ring (bicyclic) bond motifs is 1. The van der Waals surface area contributed by atoms with Crippen LogP contribution >= 0.6 is 27.5 Å². The van der Waals surface area contributed by atoms with Crippen LogP contribution in [0.1, 0.15) is 37.4 Å². The molecule has 0 aliphatic carbocycles. The minimum Gasteiger partial charge on any atom is -0.493 e. The lowest BCUT2D eigenvalue weighted by molar-refractivity contribution is -0.145. The summed E-state index contributed by atoms with van der Waals surface area (Å²) in [5, 5.41) is 0.652. The molecule has 1 unspecified atom stereocenters. The largest absolute Gasteiger partial charge is 0.493 e. The second kappa shape index (κ2) is 10.3. The van der Waals surface area contributed by atoms with Crippen LogP contribution in [-0.2, 0) is 16.1 Å². The van der Waals surface area contributed by atoms with E-state index in [9.17, 15) is 4.79 Å². The molecule has 0 fully saturated rings. The van der Waals surface area contributed by atoms with Gasteiger partial charge in [-0.2, -0.15) is 0 Å². The van der Waals surface area contributed by atoms with Crippen molar-refractivity contribution in [3.63, 3.8) is 0 Å². The van der Waals surface area contributed by atoms with E-state index in [0.717, 1.165) is 34.3 Å². The molecule has 1 aliphatic heterocycles. The number of hydrogen-bond acceptors (Lipinski definition) is 5. The second-order valence-electron chi connectivity index (χ2n) is 6.72. The molecule has 1 heterocycles. The fourth-order valence-corrected chi connectivity index (χ4v) is 4.04. The molecule has 0 radical (unpaired) electrons. The molecule has 2 aromatic carbocycles. The van der Waals surface area contributed by atoms with Gasteiger partial charge >= 0.3 is 5.97 Å². The van der Waals surface area contributed by atoms with Crippen molar-refractivity contribution in [2.75, 3.05) is 26.3 Å². The lowest BCUT2D eigenvalue weighted by atomic mass is 9.98. The number of esters is 1. The first-order chi connectivity index (χ1) is 14.0. The summed E-state index contributed by atoms with van der Waals surface area (Å²) in [7, 11) is 0. The quantitative estimate of drug-likeness (QED) is 0.472. The van der Waals surface area contributed by atoms with Gasteiger partial charge in [0, 0.05) is 34.1 Å². The molecule has 0 bridgehead atoms. The minimum absolute atomic E-state index is 0.113. The van der Waals surface area contributed by atoms with Crippen molar-refractivity contribution in [2.45, 2.75) is 32.9 Å². The van der Waals surface area contributed by atoms with E-state index >= 15 is 0 Å². The normalized spacial score (nSPS) is 15.6. The lowest BCUT2D eigenvalue weighted by Gasteiger charge is -2.34. The monoisotopic (exact) mass is 481 g/mol. The summed E-state index contributed by atoms with van der Waals surface area (Å²) in [5.41, 5.74) is 1.97. The van der Waals surface area contributed by atoms with Gasteiger partial charge < -0.3 is 14.2 Å². The van der Waals surface area contributed by atoms with Gasteiger partial charge in [0.1, 0.15) is 18.1 Å². The van der Waals surface area contributed by atoms with Crippen molar-refractivity contribution >= 4 is 33.5 Å². The molecule has 0 amide bonds. The maximum atomic E-state index is 12.0. The van der Waals surface area contributed by atoms with Crippen LogP contribution in [0.4, 0.5) is 0 Å². The number of halogens is 2. The molecule has 0 saturated carbocycles. The summed E-state index contributed by atoms with van der Waals surface area (Å²) >= 11 is 9.74. The van der Waals surface area contributed by atoms with Crippen molar-refractivity contribution in [3.05, 3.63) is 57.0 Å². The van der Waals surface area contributed by atoms with E-state index in [0.29, 0.717) is 30.6 Å². The van der Waals surface area contributed by atoms with E-state index in [1.165, 1.54) is 0 Å². The van der Waals surface area contributed by atoms with Gasteiger partial charge in [0.25, 0.3) is 0 Å². The predicted molar refractivity (Wildman–Crippen MR) is 117 cm³/mol. The average molecular weight is 483 g/mol. The Balaban J connectivity index is 1.73. The van der Waals surface area contributed by atoms with Crippen molar-refractivity contribution in [1.82, 2.24) is 4.90 Å². The molecule has 7 heteroatoms. The molecule has 2 aromatic rings. The molecule has 5 nitrogen and oxygen atoms in total. The van der Waals surface area contributed by atoms with Crippen LogP contribution in [0.25, 0.3) is 0 Å². The van der Waals surface area contributed by atoms with Crippen LogP contribution in [-0.4, -0.2) is 37.2 Å². The van der Waals surface area contributed by atoms with Gasteiger partial charge in [-0.05, 0) is 41.5 Å². The van der Waals surface area contributed by atoms with Gasteiger partial charge in [-0.25, -0.2) is 0 Å². The third-order valence-electron chi connectivity index (χ3n) is 4.90. The summed E-state index contributed by atoms with van der Waals surface area (Å²) in [6.07, 6.45) is 0.827. The predicted octanol–water partition coefficient (Wildman–Crippen LogP) is 5.39. The smallest absolute Gasteiger partial charge is 0.320 e. The Morgan fingerprint density at radius 3 is 2.90 bits per heavy atom. The Morgan fingerprint density at radius 1 is 1.31 bits per heavy atom. The molecule has 0 saturated heterocycles. The van der Waals surface area contributed by atoms with Gasteiger partial charge in [-0.1, -0.05) is 36.7 Å². The highest BCUT2D eigenvalue weighted by Gasteiger charge is 2.28. The molecule has 29 heavy (non-hydrogen) atoms. The van der Waals surface area contributed by atoms with Crippen LogP contribution in [0.3, 0.4) is 0 Å². The number of likely N-dealkylation sites (N-methyl/N-ethyl adjacent to an activating group) is 1. The van der Waals surface area contributed by atoms with Gasteiger partial charge in [0.05, 0.1) is 24.8 Å². The first-order valence-electron chi connectivity index (χ1n) is 9.75. The van der Waals surface area contributed by atoms with E-state index in [2.05, 4.69) is 20.8 Å². The van der Waals surface area contributed by atoms with Crippen LogP contribution < -0.4 is 9.47 Å². The summed E-state index contributed by atoms with van der Waals surface area (Å²) in [6.45, 7) is 6.25. The van der Waals surface area contributed by atoms with E-state index in [-0.39, 0.29) is 18.6 Å². The van der Waals surface area contributed by atoms with Crippen LogP contribution in [0.5, 0.6) is 11.5 Å². The lowest BCUT2D eigenvalue weighted by Crippen LogP contribution is -2.36. The van der Waals surface area contributed by atoms with E-state index in [4.69, 9.17) is 25.8 Å². The molecule has 3 rings (SSSR count). The van der Waals surface area contributed by atoms with E-state index < -0.39 is 0 Å². The Labute approximate surface area is 185 Å². The van der Waals surface area contributed by atoms with Crippen molar-refractivity contribution < 1.29 is 19.0 Å². The first-order valence-corrected chi connectivity index (χ1v) is 10.9. The number of nitrogens with zero attached hydrogens (tertiary/aromatic N) is 1. The Morgan fingerprint density at radius 2 is 2.14 bits per heavy atom. The molecular formula is C22H25BrClNO4. The fraction of sp³-hybridized carbons (Fsp3) is 0.409. The Hall–Kier alpha value is -1.76. The molecule has 156 valence electrons. The maximum absolute atomic E-state index is 12.0. The average Bonchev–Trinajstić information content (AvgIpc) is 2.72. The molecule has 1 aliphatic rings. The van der Waals surface area contributed by atoms with Gasteiger partial charge in [-0.15, -0.1) is 0 Å². The van der Waals surface area contributed by atoms with Crippen molar-refractivity contribution in [1.29, 1.82) is 0 Å². The summed E-state index contributed by atoms with van der Waals surface area (Å²) < 4.78 is 17.8. The minimum atomic E-state index is -0.201. The molecular weight excluding hydrogens is 458 g/mol. The van der Waals surface area contributed by atoms with Crippen molar-refractivity contribution in [3.8, 4) is 11.5 Å². The van der Waals surface area contributed by atoms with Crippen LogP contribution in [0, 0.1) is 0 Å². The Kier molecular flexibility index (Phi) is 7.81. The third kappa shape index (κ3) is 5.44. The number of hydrogen-bond donors (Lipinski definition) is 0. The van der Waals surface area contributed by atoms with Gasteiger partial charge in [0.2, 0.25) is 0 Å². The number of ether oxygens (including phenoxy) is 3.